The maximum absolute atomic E-state index is 15.3. The number of benzene rings is 4. The molecule has 50 heavy (non-hydrogen) atoms. The molecule has 8 rings (SSSR count). The molecular weight excluding hydrogens is 663 g/mol. The fraction of sp³-hybridized carbons (Fsp3) is 0.205. The van der Waals surface area contributed by atoms with Crippen molar-refractivity contribution in [2.75, 3.05) is 9.80 Å². The van der Waals surface area contributed by atoms with Gasteiger partial charge in [-0.05, 0) is 66.8 Å². The minimum Gasteiger partial charge on any atom is -0.505 e. The van der Waals surface area contributed by atoms with Gasteiger partial charge < -0.3 is 10.2 Å². The number of aromatic carboxylic acids is 1. The molecule has 2 heterocycles. The molecule has 0 spiro atoms. The molecule has 4 aromatic carbocycles. The molecule has 2 aliphatic carbocycles. The number of rotatable bonds is 5. The van der Waals surface area contributed by atoms with E-state index in [9.17, 15) is 29.4 Å². The summed E-state index contributed by atoms with van der Waals surface area (Å²) in [5, 5.41) is 21.2. The first-order valence-electron chi connectivity index (χ1n) is 16.1. The number of hydrogen-bond acceptors (Lipinski definition) is 6. The second-order valence-corrected chi connectivity index (χ2v) is 13.6. The number of para-hydroxylation sites is 1. The second-order valence-electron chi connectivity index (χ2n) is 13.1. The highest BCUT2D eigenvalue weighted by atomic mass is 35.5. The summed E-state index contributed by atoms with van der Waals surface area (Å²) in [6.45, 7) is 0. The number of allylic oxidation sites excluding steroid dienone is 2. The molecule has 2 N–H and O–H groups in total. The van der Waals surface area contributed by atoms with Crippen molar-refractivity contribution < 1.29 is 38.6 Å². The third-order valence-corrected chi connectivity index (χ3v) is 11.1. The Bertz CT molecular complexity index is 2190. The van der Waals surface area contributed by atoms with Crippen LogP contribution in [0.15, 0.2) is 109 Å². The van der Waals surface area contributed by atoms with Gasteiger partial charge in [-0.15, -0.1) is 0 Å². The number of phenolic OH excluding ortho intramolecular Hbond substituents is 1. The zero-order chi connectivity index (χ0) is 35.1. The molecule has 6 unspecified atom stereocenters. The number of carbonyl (C=O) groups is 5. The zero-order valence-corrected chi connectivity index (χ0v) is 27.0. The maximum Gasteiger partial charge on any atom is 0.335 e. The van der Waals surface area contributed by atoms with E-state index in [0.29, 0.717) is 16.2 Å². The lowest BCUT2D eigenvalue weighted by atomic mass is 9.49. The monoisotopic (exact) mass is 690 g/mol. The summed E-state index contributed by atoms with van der Waals surface area (Å²) < 4.78 is 15.3. The van der Waals surface area contributed by atoms with Crippen molar-refractivity contribution in [2.45, 2.75) is 24.2 Å². The van der Waals surface area contributed by atoms with E-state index in [1.54, 1.807) is 54.6 Å². The van der Waals surface area contributed by atoms with Crippen LogP contribution in [0.5, 0.6) is 5.75 Å². The van der Waals surface area contributed by atoms with Crippen molar-refractivity contribution in [1.82, 2.24) is 0 Å². The number of carboxylic acid groups (broad SMARTS) is 1. The highest BCUT2D eigenvalue weighted by Gasteiger charge is 2.70. The topological polar surface area (TPSA) is 132 Å². The summed E-state index contributed by atoms with van der Waals surface area (Å²) in [5.74, 6) is -9.78. The lowest BCUT2D eigenvalue weighted by Gasteiger charge is -2.50. The largest absolute Gasteiger partial charge is 0.505 e. The number of fused-ring (bicyclic) bond motifs is 4. The molecule has 0 aromatic heterocycles. The van der Waals surface area contributed by atoms with Gasteiger partial charge in [0.25, 0.3) is 0 Å². The van der Waals surface area contributed by atoms with Crippen LogP contribution < -0.4 is 9.80 Å². The van der Waals surface area contributed by atoms with Gasteiger partial charge in [-0.3, -0.25) is 24.1 Å². The van der Waals surface area contributed by atoms with Crippen LogP contribution >= 0.6 is 11.6 Å². The van der Waals surface area contributed by atoms with Crippen molar-refractivity contribution in [2.24, 2.45) is 23.7 Å². The average molecular weight is 691 g/mol. The van der Waals surface area contributed by atoms with E-state index in [0.717, 1.165) is 15.9 Å². The number of nitrogens with zero attached hydrogens (tertiary/aromatic N) is 2. The van der Waals surface area contributed by atoms with Crippen LogP contribution in [0.4, 0.5) is 15.8 Å². The quantitative estimate of drug-likeness (QED) is 0.187. The fourth-order valence-electron chi connectivity index (χ4n) is 8.89. The minimum atomic E-state index is -1.68. The molecule has 250 valence electrons. The van der Waals surface area contributed by atoms with Crippen molar-refractivity contribution >= 4 is 52.6 Å². The van der Waals surface area contributed by atoms with Crippen LogP contribution in [0.2, 0.25) is 5.02 Å². The zero-order valence-electron chi connectivity index (χ0n) is 26.2. The van der Waals surface area contributed by atoms with Crippen molar-refractivity contribution in [3.05, 3.63) is 136 Å². The van der Waals surface area contributed by atoms with Gasteiger partial charge >= 0.3 is 5.97 Å². The molecular formula is C39H28ClFN2O7. The molecule has 3 fully saturated rings. The first-order chi connectivity index (χ1) is 24.0. The number of phenols is 1. The number of halogens is 2. The Labute approximate surface area is 290 Å². The summed E-state index contributed by atoms with van der Waals surface area (Å²) in [4.78, 5) is 72.1. The van der Waals surface area contributed by atoms with Gasteiger partial charge in [-0.1, -0.05) is 77.8 Å². The highest BCUT2D eigenvalue weighted by molar-refractivity contribution is 6.32. The summed E-state index contributed by atoms with van der Waals surface area (Å²) >= 11 is 6.33. The third kappa shape index (κ3) is 4.34. The molecule has 2 aliphatic heterocycles. The van der Waals surface area contributed by atoms with Gasteiger partial charge in [-0.2, -0.15) is 0 Å². The normalized spacial score (nSPS) is 27.2. The smallest absolute Gasteiger partial charge is 0.335 e. The average Bonchev–Trinajstić information content (AvgIpc) is 3.50. The van der Waals surface area contributed by atoms with Crippen molar-refractivity contribution in [1.29, 1.82) is 0 Å². The van der Waals surface area contributed by atoms with Crippen molar-refractivity contribution in [3.63, 3.8) is 0 Å². The van der Waals surface area contributed by atoms with Crippen molar-refractivity contribution in [3.8, 4) is 5.75 Å². The Hall–Kier alpha value is -5.61. The van der Waals surface area contributed by atoms with E-state index in [-0.39, 0.29) is 35.3 Å². The van der Waals surface area contributed by atoms with Crippen LogP contribution in [0.3, 0.4) is 0 Å². The van der Waals surface area contributed by atoms with Gasteiger partial charge in [0, 0.05) is 16.5 Å². The van der Waals surface area contributed by atoms with E-state index >= 15 is 9.18 Å². The SMILES string of the molecule is O=C(O)c1cccc(N2C(=O)C3CC=C4C(CC5C(=O)N(c6cccc(Cl)c6)C(=O)C5(c5ccccc5)C4c4cccc(F)c4O)C3C2=O)c1. The standard InChI is InChI=1S/C39H28ClFN2O7/c40-22-10-5-12-24(18-22)43-35(46)29-19-28-25(15-16-26-31(28)36(47)42(34(26)45)23-11-4-7-20(17-23)37(48)49)32(27-13-6-14-30(41)33(27)44)39(29,38(43)50)21-8-2-1-3-9-21/h1-15,17-18,26,28-29,31-32,44H,16,19H2,(H,48,49). The Morgan fingerprint density at radius 2 is 1.50 bits per heavy atom. The number of amides is 4. The first-order valence-corrected chi connectivity index (χ1v) is 16.5. The minimum absolute atomic E-state index is 0.00185. The fourth-order valence-corrected chi connectivity index (χ4v) is 9.07. The van der Waals surface area contributed by atoms with Crippen LogP contribution in [0.25, 0.3) is 0 Å². The summed E-state index contributed by atoms with van der Waals surface area (Å²) in [6, 6.07) is 24.7. The van der Waals surface area contributed by atoms with Gasteiger partial charge in [0.15, 0.2) is 11.6 Å². The molecule has 2 saturated heterocycles. The predicted molar refractivity (Wildman–Crippen MR) is 180 cm³/mol. The number of hydrogen-bond donors (Lipinski definition) is 2. The number of anilines is 2. The lowest BCUT2D eigenvalue weighted by Crippen LogP contribution is -2.53. The Morgan fingerprint density at radius 1 is 0.800 bits per heavy atom. The van der Waals surface area contributed by atoms with Crippen LogP contribution in [0, 0.1) is 29.5 Å². The maximum atomic E-state index is 15.3. The van der Waals surface area contributed by atoms with E-state index in [2.05, 4.69) is 0 Å². The number of carboxylic acids is 1. The van der Waals surface area contributed by atoms with E-state index in [1.165, 1.54) is 42.5 Å². The first kappa shape index (κ1) is 31.6. The van der Waals surface area contributed by atoms with Gasteiger partial charge in [0.05, 0.1) is 40.1 Å². The summed E-state index contributed by atoms with van der Waals surface area (Å²) in [7, 11) is 0. The molecule has 4 amide bonds. The van der Waals surface area contributed by atoms with E-state index < -0.39 is 76.2 Å². The summed E-state index contributed by atoms with van der Waals surface area (Å²) in [5.41, 5.74) is -0.324. The second kappa shape index (κ2) is 11.5. The number of carbonyl (C=O) groups excluding carboxylic acids is 4. The highest BCUT2D eigenvalue weighted by Crippen LogP contribution is 2.65. The van der Waals surface area contributed by atoms with Crippen LogP contribution in [0.1, 0.15) is 40.2 Å². The predicted octanol–water partition coefficient (Wildman–Crippen LogP) is 6.25. The lowest BCUT2D eigenvalue weighted by molar-refractivity contribution is -0.127. The molecule has 0 bridgehead atoms. The van der Waals surface area contributed by atoms with Crippen LogP contribution in [-0.2, 0) is 24.6 Å². The third-order valence-electron chi connectivity index (χ3n) is 10.8. The van der Waals surface area contributed by atoms with E-state index in [1.807, 2.05) is 0 Å². The van der Waals surface area contributed by atoms with Gasteiger partial charge in [0.2, 0.25) is 23.6 Å². The van der Waals surface area contributed by atoms with Gasteiger partial charge in [-0.25, -0.2) is 14.1 Å². The van der Waals surface area contributed by atoms with Gasteiger partial charge in [0.1, 0.15) is 0 Å². The Kier molecular flexibility index (Phi) is 7.27. The number of imide groups is 2. The van der Waals surface area contributed by atoms with E-state index in [4.69, 9.17) is 11.6 Å². The molecule has 1 saturated carbocycles. The Morgan fingerprint density at radius 3 is 2.22 bits per heavy atom. The molecule has 11 heteroatoms. The summed E-state index contributed by atoms with van der Waals surface area (Å²) in [6.07, 6.45) is 1.89. The molecule has 0 radical (unpaired) electrons. The molecule has 6 atom stereocenters. The molecule has 9 nitrogen and oxygen atoms in total. The Balaban J connectivity index is 1.35. The number of aromatic hydroxyl groups is 1. The molecule has 4 aromatic rings. The van der Waals surface area contributed by atoms with Crippen LogP contribution in [-0.4, -0.2) is 39.8 Å². The molecule has 4 aliphatic rings.